The van der Waals surface area contributed by atoms with Gasteiger partial charge in [-0.05, 0) is 35.7 Å². The van der Waals surface area contributed by atoms with Crippen molar-refractivity contribution in [2.45, 2.75) is 25.3 Å². The molecule has 0 saturated carbocycles. The van der Waals surface area contributed by atoms with Crippen LogP contribution >= 0.6 is 19.2 Å². The summed E-state index contributed by atoms with van der Waals surface area (Å²) in [4.78, 5) is 41.0. The van der Waals surface area contributed by atoms with Crippen LogP contribution in [-0.2, 0) is 20.6 Å². The fourth-order valence-corrected chi connectivity index (χ4v) is 3.53. The molecule has 29 heavy (non-hydrogen) atoms. The summed E-state index contributed by atoms with van der Waals surface area (Å²) >= 11 is 5.97. The maximum atomic E-state index is 14.3. The van der Waals surface area contributed by atoms with Crippen molar-refractivity contribution in [3.8, 4) is 11.1 Å². The molecule has 0 heterocycles. The lowest BCUT2D eigenvalue weighted by Crippen LogP contribution is -2.38. The van der Waals surface area contributed by atoms with E-state index in [1.165, 1.54) is 18.2 Å². The van der Waals surface area contributed by atoms with Crippen molar-refractivity contribution in [3.05, 3.63) is 58.9 Å². The highest BCUT2D eigenvalue weighted by atomic mass is 35.5. The van der Waals surface area contributed by atoms with Crippen molar-refractivity contribution in [3.63, 3.8) is 0 Å². The van der Waals surface area contributed by atoms with Gasteiger partial charge in [-0.3, -0.25) is 14.2 Å². The van der Waals surface area contributed by atoms with Crippen LogP contribution in [0.1, 0.15) is 18.4 Å². The number of carbonyl (C=O) groups excluding carboxylic acids is 1. The minimum Gasteiger partial charge on any atom is -0.481 e. The molecule has 7 nitrogen and oxygen atoms in total. The van der Waals surface area contributed by atoms with Gasteiger partial charge in [-0.25, -0.2) is 4.39 Å². The molecule has 1 atom stereocenters. The van der Waals surface area contributed by atoms with E-state index >= 15 is 0 Å². The molecule has 0 radical (unpaired) electrons. The summed E-state index contributed by atoms with van der Waals surface area (Å²) in [6.45, 7) is 0. The standard InChI is InChI=1S/C19H20ClFNO6P/c20-13-5-6-17(21)16(10-13)15-4-2-1-3-12(15)9-14(11-19(24)25)22-18(23)7-8-29(26,27)28/h1-6,10,14H,7-9,11H2,(H,22,23)(H,24,25)(H2,26,27,28). The van der Waals surface area contributed by atoms with Crippen molar-refractivity contribution in [2.75, 3.05) is 6.16 Å². The Morgan fingerprint density at radius 3 is 2.48 bits per heavy atom. The van der Waals surface area contributed by atoms with E-state index in [1.807, 2.05) is 0 Å². The summed E-state index contributed by atoms with van der Waals surface area (Å²) in [6, 6.07) is 10.0. The van der Waals surface area contributed by atoms with Crippen molar-refractivity contribution < 1.29 is 33.4 Å². The SMILES string of the molecule is O=C(O)CC(Cc1ccccc1-c1cc(Cl)ccc1F)NC(=O)CCP(=O)(O)O. The second-order valence-electron chi connectivity index (χ2n) is 6.49. The number of amides is 1. The third-order valence-electron chi connectivity index (χ3n) is 4.12. The Balaban J connectivity index is 2.25. The number of hydrogen-bond acceptors (Lipinski definition) is 3. The molecular formula is C19H20ClFNO6P. The molecule has 2 rings (SSSR count). The van der Waals surface area contributed by atoms with Crippen molar-refractivity contribution in [1.29, 1.82) is 0 Å². The first kappa shape index (κ1) is 23.0. The van der Waals surface area contributed by atoms with Gasteiger partial charge in [-0.1, -0.05) is 35.9 Å². The van der Waals surface area contributed by atoms with Crippen LogP contribution in [0.25, 0.3) is 11.1 Å². The molecule has 2 aromatic rings. The van der Waals surface area contributed by atoms with Crippen LogP contribution in [0.5, 0.6) is 0 Å². The van der Waals surface area contributed by atoms with Gasteiger partial charge in [0, 0.05) is 23.0 Å². The molecule has 1 amide bonds. The largest absolute Gasteiger partial charge is 0.481 e. The van der Waals surface area contributed by atoms with E-state index in [4.69, 9.17) is 26.5 Å². The van der Waals surface area contributed by atoms with E-state index in [2.05, 4.69) is 5.32 Å². The molecule has 0 bridgehead atoms. The summed E-state index contributed by atoms with van der Waals surface area (Å²) in [7, 11) is -4.35. The Bertz CT molecular complexity index is 948. The third-order valence-corrected chi connectivity index (χ3v) is 5.16. The van der Waals surface area contributed by atoms with Crippen LogP contribution in [0.4, 0.5) is 4.39 Å². The summed E-state index contributed by atoms with van der Waals surface area (Å²) in [5, 5.41) is 12.0. The maximum Gasteiger partial charge on any atom is 0.326 e. The van der Waals surface area contributed by atoms with Crippen LogP contribution in [0, 0.1) is 5.82 Å². The quantitative estimate of drug-likeness (QED) is 0.441. The van der Waals surface area contributed by atoms with Gasteiger partial charge in [0.15, 0.2) is 0 Å². The zero-order valence-corrected chi connectivity index (χ0v) is 16.9. The molecule has 4 N–H and O–H groups in total. The van der Waals surface area contributed by atoms with Crippen LogP contribution < -0.4 is 5.32 Å². The molecule has 156 valence electrons. The Kier molecular flexibility index (Phi) is 7.93. The number of carbonyl (C=O) groups is 2. The fraction of sp³-hybridized carbons (Fsp3) is 0.263. The third kappa shape index (κ3) is 7.59. The Hall–Kier alpha value is -2.25. The smallest absolute Gasteiger partial charge is 0.326 e. The van der Waals surface area contributed by atoms with E-state index in [-0.39, 0.29) is 12.0 Å². The minimum atomic E-state index is -4.35. The van der Waals surface area contributed by atoms with Gasteiger partial charge >= 0.3 is 13.6 Å². The molecule has 10 heteroatoms. The minimum absolute atomic E-state index is 0.0794. The molecule has 1 unspecified atom stereocenters. The zero-order chi connectivity index (χ0) is 21.6. The van der Waals surface area contributed by atoms with E-state index in [0.29, 0.717) is 16.1 Å². The molecule has 0 fully saturated rings. The molecule has 0 saturated heterocycles. The van der Waals surface area contributed by atoms with Crippen LogP contribution in [0.2, 0.25) is 5.02 Å². The van der Waals surface area contributed by atoms with Gasteiger partial charge in [0.1, 0.15) is 5.82 Å². The van der Waals surface area contributed by atoms with E-state index in [1.54, 1.807) is 24.3 Å². The zero-order valence-electron chi connectivity index (χ0n) is 15.2. The van der Waals surface area contributed by atoms with Gasteiger partial charge in [-0.2, -0.15) is 0 Å². The number of carboxylic acids is 1. The number of benzene rings is 2. The van der Waals surface area contributed by atoms with Crippen molar-refractivity contribution in [1.82, 2.24) is 5.32 Å². The Morgan fingerprint density at radius 1 is 1.14 bits per heavy atom. The number of hydrogen-bond donors (Lipinski definition) is 4. The number of rotatable bonds is 9. The first-order valence-electron chi connectivity index (χ1n) is 8.64. The molecule has 0 aromatic heterocycles. The number of halogens is 2. The first-order valence-corrected chi connectivity index (χ1v) is 10.8. The van der Waals surface area contributed by atoms with Crippen molar-refractivity contribution >= 4 is 31.1 Å². The molecule has 0 aliphatic heterocycles. The van der Waals surface area contributed by atoms with Gasteiger partial charge in [-0.15, -0.1) is 0 Å². The summed E-state index contributed by atoms with van der Waals surface area (Å²) in [6.07, 6.45) is -1.40. The van der Waals surface area contributed by atoms with Gasteiger partial charge in [0.05, 0.1) is 12.6 Å². The molecule has 2 aromatic carbocycles. The second-order valence-corrected chi connectivity index (χ2v) is 8.70. The normalized spacial score (nSPS) is 12.4. The average Bonchev–Trinajstić information content (AvgIpc) is 2.61. The van der Waals surface area contributed by atoms with Gasteiger partial charge in [0.25, 0.3) is 0 Å². The summed E-state index contributed by atoms with van der Waals surface area (Å²) in [5.74, 6) is -2.33. The average molecular weight is 444 g/mol. The molecule has 0 aliphatic carbocycles. The lowest BCUT2D eigenvalue weighted by molar-refractivity contribution is -0.137. The predicted octanol–water partition coefficient (Wildman–Crippen LogP) is 3.22. The number of aliphatic carboxylic acids is 1. The lowest BCUT2D eigenvalue weighted by Gasteiger charge is -2.19. The number of nitrogens with one attached hydrogen (secondary N) is 1. The van der Waals surface area contributed by atoms with E-state index < -0.39 is 50.3 Å². The molecule has 0 aliphatic rings. The van der Waals surface area contributed by atoms with Crippen molar-refractivity contribution in [2.24, 2.45) is 0 Å². The van der Waals surface area contributed by atoms with Crippen LogP contribution in [0.15, 0.2) is 42.5 Å². The highest BCUT2D eigenvalue weighted by molar-refractivity contribution is 7.51. The highest BCUT2D eigenvalue weighted by Crippen LogP contribution is 2.34. The molecule has 0 spiro atoms. The molecular weight excluding hydrogens is 424 g/mol. The van der Waals surface area contributed by atoms with Gasteiger partial charge in [0.2, 0.25) is 5.91 Å². The maximum absolute atomic E-state index is 14.3. The highest BCUT2D eigenvalue weighted by Gasteiger charge is 2.21. The first-order chi connectivity index (χ1) is 13.5. The van der Waals surface area contributed by atoms with E-state index in [0.717, 1.165) is 0 Å². The summed E-state index contributed by atoms with van der Waals surface area (Å²) in [5.41, 5.74) is 1.34. The van der Waals surface area contributed by atoms with Crippen LogP contribution in [0.3, 0.4) is 0 Å². The Morgan fingerprint density at radius 2 is 1.83 bits per heavy atom. The lowest BCUT2D eigenvalue weighted by atomic mass is 9.93. The van der Waals surface area contributed by atoms with E-state index in [9.17, 15) is 18.5 Å². The van der Waals surface area contributed by atoms with Gasteiger partial charge < -0.3 is 20.2 Å². The monoisotopic (exact) mass is 443 g/mol. The summed E-state index contributed by atoms with van der Waals surface area (Å²) < 4.78 is 25.2. The Labute approximate surface area is 171 Å². The van der Waals surface area contributed by atoms with Crippen LogP contribution in [-0.4, -0.2) is 39.0 Å². The fourth-order valence-electron chi connectivity index (χ4n) is 2.86. The second kappa shape index (κ2) is 9.98. The number of carboxylic acid groups (broad SMARTS) is 1. The topological polar surface area (TPSA) is 124 Å². The predicted molar refractivity (Wildman–Crippen MR) is 106 cm³/mol.